The fraction of sp³-hybridized carbons (Fsp3) is 0.182. The van der Waals surface area contributed by atoms with Crippen molar-refractivity contribution in [2.75, 3.05) is 0 Å². The smallest absolute Gasteiger partial charge is 0.179 e. The summed E-state index contributed by atoms with van der Waals surface area (Å²) in [4.78, 5) is 12.0. The minimum atomic E-state index is 0.651. The van der Waals surface area contributed by atoms with Crippen molar-refractivity contribution in [3.05, 3.63) is 37.6 Å². The number of aromatic nitrogens is 4. The number of thiazole rings is 1. The summed E-state index contributed by atoms with van der Waals surface area (Å²) < 4.78 is 3.56. The quantitative estimate of drug-likeness (QED) is 0.724. The van der Waals surface area contributed by atoms with Crippen LogP contribution in [0.1, 0.15) is 10.7 Å². The molecule has 4 nitrogen and oxygen atoms in total. The van der Waals surface area contributed by atoms with E-state index < -0.39 is 0 Å². The third-order valence-electron chi connectivity index (χ3n) is 2.56. The molecule has 1 N–H and O–H groups in total. The molecule has 0 atom stereocenters. The van der Waals surface area contributed by atoms with E-state index in [0.717, 1.165) is 26.3 Å². The van der Waals surface area contributed by atoms with Crippen molar-refractivity contribution in [3.63, 3.8) is 0 Å². The van der Waals surface area contributed by atoms with Gasteiger partial charge in [-0.05, 0) is 41.1 Å². The molecule has 92 valence electrons. The highest BCUT2D eigenvalue weighted by molar-refractivity contribution is 9.10. The Morgan fingerprint density at radius 1 is 1.56 bits per heavy atom. The number of pyridine rings is 1. The van der Waals surface area contributed by atoms with Gasteiger partial charge >= 0.3 is 0 Å². The van der Waals surface area contributed by atoms with Gasteiger partial charge in [0.2, 0.25) is 0 Å². The van der Waals surface area contributed by atoms with Crippen LogP contribution in [0.3, 0.4) is 0 Å². The molecule has 0 saturated heterocycles. The van der Waals surface area contributed by atoms with E-state index >= 15 is 0 Å². The Bertz CT molecular complexity index is 771. The Morgan fingerprint density at radius 2 is 2.39 bits per heavy atom. The Balaban J connectivity index is 2.11. The molecular weight excluding hydrogens is 332 g/mol. The molecule has 0 amide bonds. The van der Waals surface area contributed by atoms with E-state index in [2.05, 4.69) is 36.3 Å². The maximum absolute atomic E-state index is 5.33. The van der Waals surface area contributed by atoms with Gasteiger partial charge in [0.25, 0.3) is 0 Å². The van der Waals surface area contributed by atoms with Gasteiger partial charge in [-0.15, -0.1) is 11.3 Å². The van der Waals surface area contributed by atoms with Crippen LogP contribution in [0.2, 0.25) is 0 Å². The summed E-state index contributed by atoms with van der Waals surface area (Å²) >= 11 is 10.4. The van der Waals surface area contributed by atoms with Gasteiger partial charge in [0.05, 0.1) is 22.8 Å². The molecular formula is C11H9BrN4S2. The Morgan fingerprint density at radius 3 is 3.11 bits per heavy atom. The van der Waals surface area contributed by atoms with Crippen LogP contribution < -0.4 is 0 Å². The Hall–Kier alpha value is -1.05. The van der Waals surface area contributed by atoms with Crippen molar-refractivity contribution in [1.82, 2.24) is 19.5 Å². The van der Waals surface area contributed by atoms with Crippen molar-refractivity contribution < 1.29 is 0 Å². The standard InChI is InChI=1S/C11H9BrN4S2/c1-6-14-8(5-18-6)4-16-10-9(15-11(16)17)2-7(12)3-13-10/h2-3,5H,4H2,1H3,(H,15,17). The molecule has 3 rings (SSSR count). The fourth-order valence-electron chi connectivity index (χ4n) is 1.81. The Labute approximate surface area is 121 Å². The zero-order valence-electron chi connectivity index (χ0n) is 9.48. The van der Waals surface area contributed by atoms with Gasteiger partial charge in [0.15, 0.2) is 10.4 Å². The van der Waals surface area contributed by atoms with Gasteiger partial charge in [0, 0.05) is 16.0 Å². The highest BCUT2D eigenvalue weighted by atomic mass is 79.9. The van der Waals surface area contributed by atoms with Crippen LogP contribution in [0.25, 0.3) is 11.2 Å². The largest absolute Gasteiger partial charge is 0.329 e. The number of imidazole rings is 1. The van der Waals surface area contributed by atoms with Gasteiger partial charge in [-0.3, -0.25) is 4.57 Å². The van der Waals surface area contributed by atoms with Crippen molar-refractivity contribution in [2.45, 2.75) is 13.5 Å². The topological polar surface area (TPSA) is 46.5 Å². The highest BCUT2D eigenvalue weighted by Gasteiger charge is 2.08. The molecule has 0 aliphatic rings. The lowest BCUT2D eigenvalue weighted by Crippen LogP contribution is -2.01. The summed E-state index contributed by atoms with van der Waals surface area (Å²) in [6, 6.07) is 1.97. The molecule has 3 heterocycles. The second kappa shape index (κ2) is 4.56. The van der Waals surface area contributed by atoms with Crippen molar-refractivity contribution in [2.24, 2.45) is 0 Å². The number of H-pyrrole nitrogens is 1. The average molecular weight is 341 g/mol. The normalized spacial score (nSPS) is 11.2. The first kappa shape index (κ1) is 12.0. The minimum Gasteiger partial charge on any atom is -0.329 e. The molecule has 0 aliphatic carbocycles. The highest BCUT2D eigenvalue weighted by Crippen LogP contribution is 2.18. The maximum atomic E-state index is 5.33. The van der Waals surface area contributed by atoms with Crippen LogP contribution >= 0.6 is 39.5 Å². The summed E-state index contributed by atoms with van der Waals surface area (Å²) in [5, 5.41) is 3.11. The van der Waals surface area contributed by atoms with Gasteiger partial charge < -0.3 is 4.98 Å². The van der Waals surface area contributed by atoms with Gasteiger partial charge in [-0.25, -0.2) is 9.97 Å². The second-order valence-electron chi connectivity index (χ2n) is 3.90. The van der Waals surface area contributed by atoms with Crippen molar-refractivity contribution in [1.29, 1.82) is 0 Å². The van der Waals surface area contributed by atoms with Crippen LogP contribution in [-0.4, -0.2) is 19.5 Å². The molecule has 0 saturated carbocycles. The molecule has 0 spiro atoms. The number of halogens is 1. The molecule has 0 aromatic carbocycles. The first-order valence-electron chi connectivity index (χ1n) is 5.28. The molecule has 0 radical (unpaired) electrons. The first-order valence-corrected chi connectivity index (χ1v) is 7.36. The molecule has 18 heavy (non-hydrogen) atoms. The van der Waals surface area contributed by atoms with E-state index in [4.69, 9.17) is 12.2 Å². The second-order valence-corrected chi connectivity index (χ2v) is 6.26. The van der Waals surface area contributed by atoms with E-state index in [0.29, 0.717) is 11.3 Å². The van der Waals surface area contributed by atoms with E-state index in [9.17, 15) is 0 Å². The van der Waals surface area contributed by atoms with E-state index in [1.807, 2.05) is 17.6 Å². The first-order chi connectivity index (χ1) is 8.63. The lowest BCUT2D eigenvalue weighted by Gasteiger charge is -2.00. The van der Waals surface area contributed by atoms with Crippen LogP contribution in [0.15, 0.2) is 22.1 Å². The lowest BCUT2D eigenvalue weighted by molar-refractivity contribution is 0.780. The minimum absolute atomic E-state index is 0.651. The summed E-state index contributed by atoms with van der Waals surface area (Å²) in [6.07, 6.45) is 1.77. The number of nitrogens with zero attached hydrogens (tertiary/aromatic N) is 3. The molecule has 0 fully saturated rings. The molecule has 0 unspecified atom stereocenters. The lowest BCUT2D eigenvalue weighted by atomic mass is 10.4. The van der Waals surface area contributed by atoms with E-state index in [1.54, 1.807) is 17.5 Å². The average Bonchev–Trinajstić information content (AvgIpc) is 2.84. The Kier molecular flexibility index (Phi) is 3.04. The zero-order valence-corrected chi connectivity index (χ0v) is 12.7. The number of rotatable bonds is 2. The molecule has 7 heteroatoms. The van der Waals surface area contributed by atoms with Crippen LogP contribution in [-0.2, 0) is 6.54 Å². The molecule has 3 aromatic heterocycles. The third-order valence-corrected chi connectivity index (χ3v) is 4.14. The summed E-state index contributed by atoms with van der Waals surface area (Å²) in [5.41, 5.74) is 2.80. The SMILES string of the molecule is Cc1nc(Cn2c(=S)[nH]c3cc(Br)cnc32)cs1. The molecule has 0 aliphatic heterocycles. The summed E-state index contributed by atoms with van der Waals surface area (Å²) in [5.74, 6) is 0. The van der Waals surface area contributed by atoms with Crippen molar-refractivity contribution in [3.8, 4) is 0 Å². The van der Waals surface area contributed by atoms with Crippen LogP contribution in [0.4, 0.5) is 0 Å². The number of hydrogen-bond donors (Lipinski definition) is 1. The number of aromatic amines is 1. The summed E-state index contributed by atoms with van der Waals surface area (Å²) in [7, 11) is 0. The number of nitrogens with one attached hydrogen (secondary N) is 1. The van der Waals surface area contributed by atoms with E-state index in [-0.39, 0.29) is 0 Å². The van der Waals surface area contributed by atoms with Gasteiger partial charge in [-0.2, -0.15) is 0 Å². The number of hydrogen-bond acceptors (Lipinski definition) is 4. The van der Waals surface area contributed by atoms with Crippen molar-refractivity contribution >= 4 is 50.6 Å². The van der Waals surface area contributed by atoms with Crippen LogP contribution in [0, 0.1) is 11.7 Å². The summed E-state index contributed by atoms with van der Waals surface area (Å²) in [6.45, 7) is 2.65. The number of aryl methyl sites for hydroxylation is 1. The van der Waals surface area contributed by atoms with Crippen LogP contribution in [0.5, 0.6) is 0 Å². The third kappa shape index (κ3) is 2.13. The molecule has 0 bridgehead atoms. The van der Waals surface area contributed by atoms with Gasteiger partial charge in [0.1, 0.15) is 0 Å². The fourth-order valence-corrected chi connectivity index (χ4v) is 3.00. The van der Waals surface area contributed by atoms with E-state index in [1.165, 1.54) is 0 Å². The predicted octanol–water partition coefficient (Wildman–Crippen LogP) is 3.67. The zero-order chi connectivity index (χ0) is 12.7. The molecule has 3 aromatic rings. The monoisotopic (exact) mass is 340 g/mol. The van der Waals surface area contributed by atoms with Gasteiger partial charge in [-0.1, -0.05) is 0 Å². The maximum Gasteiger partial charge on any atom is 0.179 e. The predicted molar refractivity (Wildman–Crippen MR) is 78.6 cm³/mol. The number of fused-ring (bicyclic) bond motifs is 1.